The van der Waals surface area contributed by atoms with E-state index in [9.17, 15) is 13.2 Å². The van der Waals surface area contributed by atoms with Crippen LogP contribution in [0.15, 0.2) is 46.9 Å². The molecule has 0 saturated heterocycles. The predicted molar refractivity (Wildman–Crippen MR) is 78.1 cm³/mol. The minimum atomic E-state index is -3.56. The summed E-state index contributed by atoms with van der Waals surface area (Å²) in [6.07, 6.45) is 2.57. The van der Waals surface area contributed by atoms with E-state index in [0.29, 0.717) is 10.9 Å². The zero-order valence-electron chi connectivity index (χ0n) is 11.2. The normalized spacial score (nSPS) is 12.0. The third kappa shape index (κ3) is 2.04. The minimum Gasteiger partial charge on any atom is -0.273 e. The Morgan fingerprint density at radius 1 is 1.33 bits per heavy atom. The first-order chi connectivity index (χ1) is 9.93. The summed E-state index contributed by atoms with van der Waals surface area (Å²) in [7, 11) is -3.56. The number of hydrogen-bond donors (Lipinski definition) is 0. The number of nitrogens with zero attached hydrogens (tertiary/aromatic N) is 4. The van der Waals surface area contributed by atoms with Crippen molar-refractivity contribution in [3.05, 3.63) is 47.3 Å². The predicted octanol–water partition coefficient (Wildman–Crippen LogP) is 0.634. The Morgan fingerprint density at radius 2 is 2.05 bits per heavy atom. The second-order valence-corrected chi connectivity index (χ2v) is 6.51. The van der Waals surface area contributed by atoms with Crippen LogP contribution in [0.4, 0.5) is 0 Å². The standard InChI is InChI=1S/C13H12N4O3S/c1-3-8-16-11(18)9-6-4-5-7-10(9)17-13(16)14-12(15-17)21(2,19)20/h3-7H,1,8H2,2H3. The molecule has 108 valence electrons. The van der Waals surface area contributed by atoms with Gasteiger partial charge in [0.25, 0.3) is 10.7 Å². The Labute approximate surface area is 120 Å². The van der Waals surface area contributed by atoms with Gasteiger partial charge in [0, 0.05) is 12.8 Å². The average Bonchev–Trinajstić information content (AvgIpc) is 2.88. The number of benzene rings is 1. The van der Waals surface area contributed by atoms with Crippen molar-refractivity contribution in [2.45, 2.75) is 11.7 Å². The highest BCUT2D eigenvalue weighted by molar-refractivity contribution is 7.90. The first kappa shape index (κ1) is 13.5. The molecule has 2 aromatic heterocycles. The third-order valence-electron chi connectivity index (χ3n) is 3.06. The first-order valence-electron chi connectivity index (χ1n) is 6.13. The van der Waals surface area contributed by atoms with Gasteiger partial charge in [0.1, 0.15) is 0 Å². The highest BCUT2D eigenvalue weighted by atomic mass is 32.2. The first-order valence-corrected chi connectivity index (χ1v) is 8.02. The molecule has 0 spiro atoms. The fourth-order valence-electron chi connectivity index (χ4n) is 2.15. The Kier molecular flexibility index (Phi) is 2.91. The summed E-state index contributed by atoms with van der Waals surface area (Å²) in [5.41, 5.74) is 0.255. The molecule has 7 nitrogen and oxygen atoms in total. The van der Waals surface area contributed by atoms with E-state index < -0.39 is 9.84 Å². The largest absolute Gasteiger partial charge is 0.273 e. The lowest BCUT2D eigenvalue weighted by molar-refractivity contribution is 0.593. The number of hydrogen-bond acceptors (Lipinski definition) is 5. The van der Waals surface area contributed by atoms with Crippen molar-refractivity contribution < 1.29 is 8.42 Å². The molecule has 0 amide bonds. The van der Waals surface area contributed by atoms with Crippen molar-refractivity contribution in [1.29, 1.82) is 0 Å². The minimum absolute atomic E-state index is 0.180. The fourth-order valence-corrected chi connectivity index (χ4v) is 2.63. The number of allylic oxidation sites excluding steroid dienone is 1. The van der Waals surface area contributed by atoms with Crippen LogP contribution in [0, 0.1) is 0 Å². The van der Waals surface area contributed by atoms with Crippen LogP contribution in [0.2, 0.25) is 0 Å². The summed E-state index contributed by atoms with van der Waals surface area (Å²) in [6, 6.07) is 6.85. The van der Waals surface area contributed by atoms with Crippen LogP contribution in [-0.2, 0) is 16.4 Å². The van der Waals surface area contributed by atoms with Crippen LogP contribution in [0.5, 0.6) is 0 Å². The highest BCUT2D eigenvalue weighted by Crippen LogP contribution is 2.14. The van der Waals surface area contributed by atoms with Gasteiger partial charge in [-0.1, -0.05) is 18.2 Å². The van der Waals surface area contributed by atoms with E-state index in [0.717, 1.165) is 6.26 Å². The number of sulfone groups is 1. The summed E-state index contributed by atoms with van der Waals surface area (Å²) in [5.74, 6) is 0.180. The summed E-state index contributed by atoms with van der Waals surface area (Å²) in [6.45, 7) is 3.82. The molecule has 1 aromatic carbocycles. The van der Waals surface area contributed by atoms with E-state index in [1.807, 2.05) is 0 Å². The Balaban J connectivity index is 2.58. The molecule has 0 saturated carbocycles. The quantitative estimate of drug-likeness (QED) is 0.663. The fraction of sp³-hybridized carbons (Fsp3) is 0.154. The van der Waals surface area contributed by atoms with E-state index >= 15 is 0 Å². The summed E-state index contributed by atoms with van der Waals surface area (Å²) in [4.78, 5) is 16.5. The van der Waals surface area contributed by atoms with Gasteiger partial charge in [-0.2, -0.15) is 9.50 Å². The lowest BCUT2D eigenvalue weighted by atomic mass is 10.2. The highest BCUT2D eigenvalue weighted by Gasteiger charge is 2.19. The summed E-state index contributed by atoms with van der Waals surface area (Å²) < 4.78 is 26.0. The second-order valence-electron chi connectivity index (χ2n) is 4.60. The van der Waals surface area contributed by atoms with Crippen LogP contribution in [-0.4, -0.2) is 33.8 Å². The van der Waals surface area contributed by atoms with Crippen molar-refractivity contribution in [2.75, 3.05) is 6.26 Å². The molecule has 0 N–H and O–H groups in total. The lowest BCUT2D eigenvalue weighted by Gasteiger charge is -2.06. The Morgan fingerprint density at radius 3 is 2.71 bits per heavy atom. The zero-order chi connectivity index (χ0) is 15.2. The van der Waals surface area contributed by atoms with Crippen molar-refractivity contribution >= 4 is 26.5 Å². The van der Waals surface area contributed by atoms with Gasteiger partial charge in [0.05, 0.1) is 10.9 Å². The molecule has 21 heavy (non-hydrogen) atoms. The SMILES string of the molecule is C=CCn1c(=O)c2ccccc2n2nc(S(C)(=O)=O)nc12. The molecule has 0 unspecified atom stereocenters. The molecule has 0 fully saturated rings. The van der Waals surface area contributed by atoms with E-state index in [1.165, 1.54) is 9.08 Å². The Bertz CT molecular complexity index is 1030. The van der Waals surface area contributed by atoms with Gasteiger partial charge >= 0.3 is 0 Å². The number of para-hydroxylation sites is 1. The van der Waals surface area contributed by atoms with Gasteiger partial charge in [-0.3, -0.25) is 9.36 Å². The molecule has 0 radical (unpaired) electrons. The summed E-state index contributed by atoms with van der Waals surface area (Å²) in [5, 5.41) is 4.15. The van der Waals surface area contributed by atoms with Crippen LogP contribution in [0.1, 0.15) is 0 Å². The Hall–Kier alpha value is -2.48. The molecular weight excluding hydrogens is 292 g/mol. The molecule has 0 atom stereocenters. The molecule has 2 heterocycles. The van der Waals surface area contributed by atoms with Gasteiger partial charge < -0.3 is 0 Å². The van der Waals surface area contributed by atoms with Gasteiger partial charge in [0.2, 0.25) is 15.6 Å². The molecule has 3 aromatic rings. The van der Waals surface area contributed by atoms with Crippen molar-refractivity contribution in [3.8, 4) is 0 Å². The smallest absolute Gasteiger partial charge is 0.268 e. The third-order valence-corrected chi connectivity index (χ3v) is 3.90. The number of aromatic nitrogens is 4. The van der Waals surface area contributed by atoms with Gasteiger partial charge in [0.15, 0.2) is 0 Å². The van der Waals surface area contributed by atoms with Crippen molar-refractivity contribution in [1.82, 2.24) is 19.2 Å². The maximum Gasteiger partial charge on any atom is 0.268 e. The van der Waals surface area contributed by atoms with Gasteiger partial charge in [-0.15, -0.1) is 11.7 Å². The van der Waals surface area contributed by atoms with Crippen LogP contribution in [0.3, 0.4) is 0 Å². The van der Waals surface area contributed by atoms with E-state index in [4.69, 9.17) is 0 Å². The van der Waals surface area contributed by atoms with E-state index in [1.54, 1.807) is 30.3 Å². The summed E-state index contributed by atoms with van der Waals surface area (Å²) >= 11 is 0. The van der Waals surface area contributed by atoms with Crippen LogP contribution < -0.4 is 5.56 Å². The van der Waals surface area contributed by atoms with Gasteiger partial charge in [-0.25, -0.2) is 8.42 Å². The van der Waals surface area contributed by atoms with E-state index in [2.05, 4.69) is 16.7 Å². The maximum atomic E-state index is 12.5. The molecular formula is C13H12N4O3S. The topological polar surface area (TPSA) is 86.3 Å². The van der Waals surface area contributed by atoms with Crippen molar-refractivity contribution in [3.63, 3.8) is 0 Å². The molecule has 0 bridgehead atoms. The van der Waals surface area contributed by atoms with Crippen LogP contribution >= 0.6 is 0 Å². The average molecular weight is 304 g/mol. The number of fused-ring (bicyclic) bond motifs is 3. The zero-order valence-corrected chi connectivity index (χ0v) is 12.0. The molecule has 8 heteroatoms. The monoisotopic (exact) mass is 304 g/mol. The van der Waals surface area contributed by atoms with Crippen LogP contribution in [0.25, 0.3) is 16.7 Å². The second kappa shape index (κ2) is 4.52. The number of rotatable bonds is 3. The van der Waals surface area contributed by atoms with Gasteiger partial charge in [-0.05, 0) is 12.1 Å². The molecule has 0 aliphatic carbocycles. The lowest BCUT2D eigenvalue weighted by Crippen LogP contribution is -2.22. The molecule has 0 aliphatic rings. The maximum absolute atomic E-state index is 12.5. The van der Waals surface area contributed by atoms with E-state index in [-0.39, 0.29) is 23.0 Å². The molecule has 0 aliphatic heterocycles. The molecule has 3 rings (SSSR count). The van der Waals surface area contributed by atoms with Crippen molar-refractivity contribution in [2.24, 2.45) is 0 Å².